The van der Waals surface area contributed by atoms with Gasteiger partial charge >= 0.3 is 0 Å². The first kappa shape index (κ1) is 28.9. The summed E-state index contributed by atoms with van der Waals surface area (Å²) in [6, 6.07) is 18.0. The molecule has 0 bridgehead atoms. The number of thiophene rings is 1. The van der Waals surface area contributed by atoms with Gasteiger partial charge in [0, 0.05) is 40.5 Å². The molecular weight excluding hydrogens is 530 g/mol. The van der Waals surface area contributed by atoms with E-state index >= 15 is 0 Å². The van der Waals surface area contributed by atoms with Crippen LogP contribution in [0.1, 0.15) is 64.5 Å². The zero-order valence-electron chi connectivity index (χ0n) is 24.4. The van der Waals surface area contributed by atoms with Gasteiger partial charge in [0.15, 0.2) is 0 Å². The van der Waals surface area contributed by atoms with Crippen molar-refractivity contribution < 1.29 is 9.90 Å². The summed E-state index contributed by atoms with van der Waals surface area (Å²) in [5.41, 5.74) is 6.41. The maximum absolute atomic E-state index is 13.2. The SMILES string of the molecule is Cc1c(NC(=O)c2cc3c(s2)CCC(C)C3)cccc1-c1cc(Nc2cccc(C(O)CN(C)C(C)C)c2)ncn1. The van der Waals surface area contributed by atoms with Gasteiger partial charge in [0.1, 0.15) is 12.1 Å². The van der Waals surface area contributed by atoms with E-state index in [1.807, 2.05) is 62.5 Å². The van der Waals surface area contributed by atoms with Crippen molar-refractivity contribution in [3.8, 4) is 11.3 Å². The highest BCUT2D eigenvalue weighted by atomic mass is 32.1. The Morgan fingerprint density at radius 2 is 1.95 bits per heavy atom. The molecule has 5 rings (SSSR count). The lowest BCUT2D eigenvalue weighted by molar-refractivity contribution is 0.103. The minimum absolute atomic E-state index is 0.0657. The fourth-order valence-corrected chi connectivity index (χ4v) is 6.29. The Morgan fingerprint density at radius 3 is 2.76 bits per heavy atom. The second kappa shape index (κ2) is 12.5. The lowest BCUT2D eigenvalue weighted by atomic mass is 9.90. The van der Waals surface area contributed by atoms with Crippen LogP contribution in [0, 0.1) is 12.8 Å². The quantitative estimate of drug-likeness (QED) is 0.201. The van der Waals surface area contributed by atoms with E-state index in [1.54, 1.807) is 11.3 Å². The number of benzene rings is 2. The van der Waals surface area contributed by atoms with Crippen LogP contribution in [0.4, 0.5) is 17.2 Å². The molecule has 2 unspecified atom stereocenters. The molecule has 4 aromatic rings. The molecule has 7 nitrogen and oxygen atoms in total. The highest BCUT2D eigenvalue weighted by molar-refractivity contribution is 7.14. The summed E-state index contributed by atoms with van der Waals surface area (Å²) in [6.07, 6.45) is 4.25. The fraction of sp³-hybridized carbons (Fsp3) is 0.364. The maximum atomic E-state index is 13.2. The third kappa shape index (κ3) is 6.84. The molecule has 0 fully saturated rings. The molecule has 0 radical (unpaired) electrons. The van der Waals surface area contributed by atoms with Crippen molar-refractivity contribution in [2.45, 2.75) is 59.1 Å². The van der Waals surface area contributed by atoms with Gasteiger partial charge in [0.2, 0.25) is 0 Å². The minimum Gasteiger partial charge on any atom is -0.387 e. The van der Waals surface area contributed by atoms with Gasteiger partial charge < -0.3 is 20.6 Å². The van der Waals surface area contributed by atoms with Gasteiger partial charge in [-0.3, -0.25) is 4.79 Å². The predicted octanol–water partition coefficient (Wildman–Crippen LogP) is 7.01. The lowest BCUT2D eigenvalue weighted by Crippen LogP contribution is -2.30. The van der Waals surface area contributed by atoms with Crippen molar-refractivity contribution in [3.63, 3.8) is 0 Å². The third-order valence-electron chi connectivity index (χ3n) is 7.96. The second-order valence-electron chi connectivity index (χ2n) is 11.4. The standard InChI is InChI=1S/C33H39N5O2S/c1-20(2)38(5)18-29(39)23-8-6-9-25(15-23)36-32-17-28(34-19-35-32)26-10-7-11-27(22(26)4)37-33(40)31-16-24-14-21(3)12-13-30(24)41-31/h6-11,15-17,19-21,29,39H,12-14,18H2,1-5H3,(H,37,40)(H,34,35,36). The van der Waals surface area contributed by atoms with Crippen molar-refractivity contribution in [3.05, 3.63) is 87.4 Å². The lowest BCUT2D eigenvalue weighted by Gasteiger charge is -2.24. The number of nitrogens with one attached hydrogen (secondary N) is 2. The van der Waals surface area contributed by atoms with E-state index in [4.69, 9.17) is 0 Å². The van der Waals surface area contributed by atoms with Crippen LogP contribution in [-0.2, 0) is 12.8 Å². The van der Waals surface area contributed by atoms with Crippen molar-refractivity contribution in [1.29, 1.82) is 0 Å². The molecular formula is C33H39N5O2S. The van der Waals surface area contributed by atoms with E-state index in [9.17, 15) is 9.90 Å². The number of hydrogen-bond acceptors (Lipinski definition) is 7. The number of aliphatic hydroxyl groups is 1. The summed E-state index contributed by atoms with van der Waals surface area (Å²) in [7, 11) is 2.01. The summed E-state index contributed by atoms with van der Waals surface area (Å²) in [4.78, 5) is 26.4. The van der Waals surface area contributed by atoms with Crippen LogP contribution in [-0.4, -0.2) is 45.5 Å². The van der Waals surface area contributed by atoms with E-state index in [-0.39, 0.29) is 5.91 Å². The van der Waals surface area contributed by atoms with Crippen molar-refractivity contribution in [2.75, 3.05) is 24.2 Å². The van der Waals surface area contributed by atoms with Gasteiger partial charge in [-0.1, -0.05) is 31.2 Å². The molecule has 1 aliphatic rings. The number of carbonyl (C=O) groups excluding carboxylic acids is 1. The summed E-state index contributed by atoms with van der Waals surface area (Å²) in [5, 5.41) is 17.2. The average Bonchev–Trinajstić information content (AvgIpc) is 3.38. The number of aryl methyl sites for hydroxylation is 1. The Kier molecular flexibility index (Phi) is 8.82. The maximum Gasteiger partial charge on any atom is 0.265 e. The van der Waals surface area contributed by atoms with Gasteiger partial charge in [0.25, 0.3) is 5.91 Å². The first-order valence-electron chi connectivity index (χ1n) is 14.3. The zero-order chi connectivity index (χ0) is 29.1. The Hall–Kier alpha value is -3.59. The van der Waals surface area contributed by atoms with Crippen molar-refractivity contribution in [2.24, 2.45) is 5.92 Å². The summed E-state index contributed by atoms with van der Waals surface area (Å²) in [6.45, 7) is 9.05. The van der Waals surface area contributed by atoms with Gasteiger partial charge in [0.05, 0.1) is 16.7 Å². The second-order valence-corrected chi connectivity index (χ2v) is 12.6. The van der Waals surface area contributed by atoms with E-state index in [0.717, 1.165) is 51.5 Å². The van der Waals surface area contributed by atoms with E-state index in [0.29, 0.717) is 24.3 Å². The fourth-order valence-electron chi connectivity index (χ4n) is 5.18. The Labute approximate surface area is 246 Å². The number of amides is 1. The van der Waals surface area contributed by atoms with Crippen LogP contribution in [0.5, 0.6) is 0 Å². The predicted molar refractivity (Wildman–Crippen MR) is 168 cm³/mol. The third-order valence-corrected chi connectivity index (χ3v) is 9.20. The van der Waals surface area contributed by atoms with Crippen LogP contribution >= 0.6 is 11.3 Å². The van der Waals surface area contributed by atoms with Crippen molar-refractivity contribution >= 4 is 34.4 Å². The highest BCUT2D eigenvalue weighted by Crippen LogP contribution is 2.34. The summed E-state index contributed by atoms with van der Waals surface area (Å²) in [5.74, 6) is 1.25. The number of anilines is 3. The number of rotatable bonds is 9. The van der Waals surface area contributed by atoms with Crippen LogP contribution in [0.3, 0.4) is 0 Å². The normalized spacial score (nSPS) is 15.6. The molecule has 0 aliphatic heterocycles. The molecule has 3 N–H and O–H groups in total. The van der Waals surface area contributed by atoms with Crippen LogP contribution < -0.4 is 10.6 Å². The molecule has 0 saturated carbocycles. The topological polar surface area (TPSA) is 90.4 Å². The number of hydrogen-bond donors (Lipinski definition) is 3. The number of aliphatic hydroxyl groups excluding tert-OH is 1. The summed E-state index contributed by atoms with van der Waals surface area (Å²) < 4.78 is 0. The van der Waals surface area contributed by atoms with Gasteiger partial charge in [-0.2, -0.15) is 0 Å². The molecule has 2 atom stereocenters. The first-order chi connectivity index (χ1) is 19.7. The van der Waals surface area contributed by atoms with Crippen molar-refractivity contribution in [1.82, 2.24) is 14.9 Å². The zero-order valence-corrected chi connectivity index (χ0v) is 25.3. The van der Waals surface area contributed by atoms with Gasteiger partial charge in [-0.15, -0.1) is 11.3 Å². The molecule has 41 heavy (non-hydrogen) atoms. The Morgan fingerprint density at radius 1 is 1.15 bits per heavy atom. The Bertz CT molecular complexity index is 1530. The molecule has 1 aliphatic carbocycles. The molecule has 0 saturated heterocycles. The molecule has 2 aromatic carbocycles. The number of aromatic nitrogens is 2. The van der Waals surface area contributed by atoms with Crippen LogP contribution in [0.15, 0.2) is 60.9 Å². The van der Waals surface area contributed by atoms with Crippen LogP contribution in [0.25, 0.3) is 11.3 Å². The highest BCUT2D eigenvalue weighted by Gasteiger charge is 2.21. The number of fused-ring (bicyclic) bond motifs is 1. The monoisotopic (exact) mass is 569 g/mol. The Balaban J connectivity index is 1.31. The molecule has 214 valence electrons. The van der Waals surface area contributed by atoms with E-state index in [1.165, 1.54) is 23.2 Å². The molecule has 0 spiro atoms. The number of nitrogens with zero attached hydrogens (tertiary/aromatic N) is 3. The number of likely N-dealkylation sites (N-methyl/N-ethyl adjacent to an activating group) is 1. The molecule has 1 amide bonds. The molecule has 2 heterocycles. The van der Waals surface area contributed by atoms with E-state index < -0.39 is 6.10 Å². The van der Waals surface area contributed by atoms with Gasteiger partial charge in [-0.25, -0.2) is 9.97 Å². The number of carbonyl (C=O) groups is 1. The smallest absolute Gasteiger partial charge is 0.265 e. The average molecular weight is 570 g/mol. The van der Waals surface area contributed by atoms with Gasteiger partial charge in [-0.05, 0) is 94.0 Å². The molecule has 2 aromatic heterocycles. The van der Waals surface area contributed by atoms with E-state index in [2.05, 4.69) is 52.3 Å². The first-order valence-corrected chi connectivity index (χ1v) is 15.1. The largest absolute Gasteiger partial charge is 0.387 e. The minimum atomic E-state index is -0.589. The summed E-state index contributed by atoms with van der Waals surface area (Å²) >= 11 is 1.62. The molecule has 8 heteroatoms. The van der Waals surface area contributed by atoms with Crippen LogP contribution in [0.2, 0.25) is 0 Å².